The molecule has 5 rings (SSSR count). The van der Waals surface area contributed by atoms with E-state index in [1.807, 2.05) is 18.2 Å². The lowest BCUT2D eigenvalue weighted by atomic mass is 10.0. The van der Waals surface area contributed by atoms with E-state index in [2.05, 4.69) is 10.2 Å². The van der Waals surface area contributed by atoms with Crippen molar-refractivity contribution in [1.29, 1.82) is 0 Å². The molecule has 0 aromatic heterocycles. The van der Waals surface area contributed by atoms with Gasteiger partial charge in [0.2, 0.25) is 11.8 Å². The predicted octanol–water partition coefficient (Wildman–Crippen LogP) is 1.66. The molecule has 3 fully saturated rings. The topological polar surface area (TPSA) is 108 Å². The monoisotopic (exact) mass is 484 g/mol. The molecular weight excluding hydrogens is 452 g/mol. The van der Waals surface area contributed by atoms with Gasteiger partial charge in [-0.15, -0.1) is 0 Å². The second-order valence-corrected chi connectivity index (χ2v) is 9.72. The summed E-state index contributed by atoms with van der Waals surface area (Å²) in [6, 6.07) is 5.37. The number of nitrogens with one attached hydrogen (secondary N) is 1. The maximum Gasteiger partial charge on any atom is 0.409 e. The number of piperidine rings is 3. The highest BCUT2D eigenvalue weighted by molar-refractivity contribution is 6.05. The highest BCUT2D eigenvalue weighted by atomic mass is 16.5. The molecule has 0 bridgehead atoms. The van der Waals surface area contributed by atoms with Gasteiger partial charge in [-0.05, 0) is 49.8 Å². The van der Waals surface area contributed by atoms with Crippen LogP contribution in [0.25, 0.3) is 0 Å². The van der Waals surface area contributed by atoms with Gasteiger partial charge in [-0.3, -0.25) is 19.7 Å². The molecule has 10 nitrogen and oxygen atoms in total. The van der Waals surface area contributed by atoms with Crippen LogP contribution in [0.3, 0.4) is 0 Å². The number of benzene rings is 1. The minimum Gasteiger partial charge on any atom is -0.453 e. The maximum absolute atomic E-state index is 13.1. The number of nitrogens with zero attached hydrogens (tertiary/aromatic N) is 3. The summed E-state index contributed by atoms with van der Waals surface area (Å²) in [6.45, 7) is 3.40. The molecule has 1 aromatic rings. The Balaban J connectivity index is 1.14. The van der Waals surface area contributed by atoms with Crippen molar-refractivity contribution in [1.82, 2.24) is 15.1 Å². The summed E-state index contributed by atoms with van der Waals surface area (Å²) in [7, 11) is 1.41. The first-order valence-corrected chi connectivity index (χ1v) is 12.4. The summed E-state index contributed by atoms with van der Waals surface area (Å²) in [5, 5.41) is 2.34. The Bertz CT molecular complexity index is 1010. The average molecular weight is 485 g/mol. The van der Waals surface area contributed by atoms with Gasteiger partial charge < -0.3 is 24.2 Å². The van der Waals surface area contributed by atoms with Crippen LogP contribution in [0.15, 0.2) is 18.2 Å². The van der Waals surface area contributed by atoms with Crippen molar-refractivity contribution >= 4 is 29.5 Å². The number of rotatable bonds is 4. The molecule has 1 aromatic carbocycles. The van der Waals surface area contributed by atoms with Crippen molar-refractivity contribution in [2.24, 2.45) is 0 Å². The summed E-state index contributed by atoms with van der Waals surface area (Å²) in [5.74, 6) is -0.815. The van der Waals surface area contributed by atoms with Crippen LogP contribution in [-0.4, -0.2) is 85.2 Å². The Labute approximate surface area is 204 Å². The average Bonchev–Trinajstić information content (AvgIpc) is 3.20. The van der Waals surface area contributed by atoms with Crippen LogP contribution >= 0.6 is 0 Å². The first-order chi connectivity index (χ1) is 16.9. The number of likely N-dealkylation sites (tertiary alicyclic amines) is 1. The summed E-state index contributed by atoms with van der Waals surface area (Å²) in [4.78, 5) is 54.1. The van der Waals surface area contributed by atoms with Crippen molar-refractivity contribution in [3.8, 4) is 0 Å². The highest BCUT2D eigenvalue weighted by Crippen LogP contribution is 2.32. The van der Waals surface area contributed by atoms with E-state index in [1.165, 1.54) is 7.11 Å². The van der Waals surface area contributed by atoms with Gasteiger partial charge in [0.05, 0.1) is 19.3 Å². The lowest BCUT2D eigenvalue weighted by Gasteiger charge is -2.37. The van der Waals surface area contributed by atoms with Crippen molar-refractivity contribution in [2.75, 3.05) is 38.2 Å². The normalized spacial score (nSPS) is 24.0. The van der Waals surface area contributed by atoms with Gasteiger partial charge in [0, 0.05) is 50.4 Å². The lowest BCUT2D eigenvalue weighted by Crippen LogP contribution is -2.52. The van der Waals surface area contributed by atoms with E-state index in [1.54, 1.807) is 9.80 Å². The number of amides is 4. The van der Waals surface area contributed by atoms with E-state index < -0.39 is 6.04 Å². The lowest BCUT2D eigenvalue weighted by molar-refractivity contribution is -0.136. The third-order valence-electron chi connectivity index (χ3n) is 7.58. The molecular formula is C25H32N4O6. The summed E-state index contributed by atoms with van der Waals surface area (Å²) >= 11 is 0. The van der Waals surface area contributed by atoms with Crippen LogP contribution in [0, 0.1) is 0 Å². The van der Waals surface area contributed by atoms with Crippen LogP contribution in [-0.2, 0) is 25.6 Å². The zero-order valence-electron chi connectivity index (χ0n) is 20.0. The fraction of sp³-hybridized carbons (Fsp3) is 0.600. The van der Waals surface area contributed by atoms with Gasteiger partial charge >= 0.3 is 6.09 Å². The molecule has 1 N–H and O–H groups in total. The Kier molecular flexibility index (Phi) is 6.64. The molecule has 0 spiro atoms. The minimum absolute atomic E-state index is 0.145. The summed E-state index contributed by atoms with van der Waals surface area (Å²) < 4.78 is 11.1. The molecule has 1 atom stereocenters. The van der Waals surface area contributed by atoms with Crippen LogP contribution < -0.4 is 10.2 Å². The molecule has 0 radical (unpaired) electrons. The smallest absolute Gasteiger partial charge is 0.409 e. The van der Waals surface area contributed by atoms with E-state index in [0.717, 1.165) is 50.0 Å². The number of carbonyl (C=O) groups excluding carboxylic acids is 4. The third-order valence-corrected chi connectivity index (χ3v) is 7.58. The molecule has 3 saturated heterocycles. The zero-order chi connectivity index (χ0) is 24.5. The SMILES string of the molecule is COC(=O)N1CCC(OC2CCN(c3ccc4c(c3)C(=O)N(C3CCC(=O)NC3=O)C4)CC2)CC1. The van der Waals surface area contributed by atoms with E-state index >= 15 is 0 Å². The number of imide groups is 1. The predicted molar refractivity (Wildman–Crippen MR) is 126 cm³/mol. The number of ether oxygens (including phenoxy) is 2. The van der Waals surface area contributed by atoms with Crippen LogP contribution in [0.5, 0.6) is 0 Å². The molecule has 0 aliphatic carbocycles. The number of hydrogen-bond acceptors (Lipinski definition) is 7. The molecule has 4 aliphatic rings. The maximum atomic E-state index is 13.1. The standard InChI is InChI=1S/C25H32N4O6/c1-34-25(33)28-12-8-19(9-13-28)35-18-6-10-27(11-7-18)17-3-2-16-15-29(24(32)20(16)14-17)21-4-5-22(30)26-23(21)31/h2-3,14,18-19,21H,4-13,15H2,1H3,(H,26,30,31). The van der Waals surface area contributed by atoms with Crippen LogP contribution in [0.2, 0.25) is 0 Å². The van der Waals surface area contributed by atoms with Gasteiger partial charge in [0.25, 0.3) is 5.91 Å². The molecule has 1 unspecified atom stereocenters. The van der Waals surface area contributed by atoms with E-state index in [9.17, 15) is 19.2 Å². The number of hydrogen-bond donors (Lipinski definition) is 1. The van der Waals surface area contributed by atoms with Crippen molar-refractivity contribution in [3.63, 3.8) is 0 Å². The Morgan fingerprint density at radius 2 is 1.66 bits per heavy atom. The molecule has 4 amide bonds. The number of carbonyl (C=O) groups is 4. The molecule has 35 heavy (non-hydrogen) atoms. The van der Waals surface area contributed by atoms with Crippen molar-refractivity contribution < 1.29 is 28.7 Å². The number of methoxy groups -OCH3 is 1. The van der Waals surface area contributed by atoms with Crippen LogP contribution in [0.1, 0.15) is 54.4 Å². The van der Waals surface area contributed by atoms with Crippen molar-refractivity contribution in [2.45, 2.75) is 63.3 Å². The van der Waals surface area contributed by atoms with E-state index in [0.29, 0.717) is 31.6 Å². The Hall–Kier alpha value is -3.14. The fourth-order valence-electron chi connectivity index (χ4n) is 5.57. The fourth-order valence-corrected chi connectivity index (χ4v) is 5.57. The zero-order valence-corrected chi connectivity index (χ0v) is 20.0. The largest absolute Gasteiger partial charge is 0.453 e. The van der Waals surface area contributed by atoms with Gasteiger partial charge in [-0.25, -0.2) is 4.79 Å². The first kappa shape index (κ1) is 23.6. The number of anilines is 1. The molecule has 188 valence electrons. The van der Waals surface area contributed by atoms with Gasteiger partial charge in [0.15, 0.2) is 0 Å². The van der Waals surface area contributed by atoms with Crippen molar-refractivity contribution in [3.05, 3.63) is 29.3 Å². The Morgan fingerprint density at radius 3 is 2.31 bits per heavy atom. The van der Waals surface area contributed by atoms with Gasteiger partial charge in [-0.2, -0.15) is 0 Å². The first-order valence-electron chi connectivity index (χ1n) is 12.4. The molecule has 10 heteroatoms. The molecule has 4 aliphatic heterocycles. The van der Waals surface area contributed by atoms with Gasteiger partial charge in [-0.1, -0.05) is 6.07 Å². The van der Waals surface area contributed by atoms with Crippen LogP contribution in [0.4, 0.5) is 10.5 Å². The van der Waals surface area contributed by atoms with E-state index in [-0.39, 0.29) is 42.4 Å². The third kappa shape index (κ3) is 4.84. The molecule has 0 saturated carbocycles. The molecule has 4 heterocycles. The minimum atomic E-state index is -0.594. The summed E-state index contributed by atoms with van der Waals surface area (Å²) in [5.41, 5.74) is 2.56. The highest BCUT2D eigenvalue weighted by Gasteiger charge is 2.39. The second-order valence-electron chi connectivity index (χ2n) is 9.72. The summed E-state index contributed by atoms with van der Waals surface area (Å²) in [6.07, 6.45) is 4.18. The van der Waals surface area contributed by atoms with E-state index in [4.69, 9.17) is 9.47 Å². The Morgan fingerprint density at radius 1 is 0.971 bits per heavy atom. The quantitative estimate of drug-likeness (QED) is 0.648. The number of fused-ring (bicyclic) bond motifs is 1. The van der Waals surface area contributed by atoms with Gasteiger partial charge in [0.1, 0.15) is 6.04 Å². The second kappa shape index (κ2) is 9.85.